The quantitative estimate of drug-likeness (QED) is 0.491. The van der Waals surface area contributed by atoms with Crippen LogP contribution in [-0.2, 0) is 0 Å². The highest BCUT2D eigenvalue weighted by Crippen LogP contribution is 2.35. The van der Waals surface area contributed by atoms with Gasteiger partial charge in [-0.1, -0.05) is 11.8 Å². The van der Waals surface area contributed by atoms with E-state index in [1.165, 1.54) is 23.9 Å². The Morgan fingerprint density at radius 3 is 2.56 bits per heavy atom. The monoisotopic (exact) mass is 380 g/mol. The smallest absolute Gasteiger partial charge is 0.153 e. The Bertz CT molecular complexity index is 1100. The van der Waals surface area contributed by atoms with Gasteiger partial charge in [0.2, 0.25) is 0 Å². The molecular weight excluding hydrogens is 363 g/mol. The first kappa shape index (κ1) is 17.4. The number of aromatic nitrogens is 3. The maximum Gasteiger partial charge on any atom is 0.153 e. The molecule has 2 aromatic heterocycles. The van der Waals surface area contributed by atoms with Crippen LogP contribution in [0.25, 0.3) is 10.8 Å². The summed E-state index contributed by atoms with van der Waals surface area (Å²) < 4.78 is 18.6. The second-order valence-corrected chi connectivity index (χ2v) is 7.08. The molecule has 7 heteroatoms. The third-order valence-corrected chi connectivity index (χ3v) is 5.01. The summed E-state index contributed by atoms with van der Waals surface area (Å²) in [6, 6.07) is 16.1. The summed E-state index contributed by atoms with van der Waals surface area (Å²) in [5.41, 5.74) is 0.959. The number of H-pyrrole nitrogens is 1. The molecule has 0 aliphatic rings. The van der Waals surface area contributed by atoms with Gasteiger partial charge in [-0.3, -0.25) is 5.10 Å². The number of rotatable bonds is 5. The van der Waals surface area contributed by atoms with E-state index < -0.39 is 0 Å². The predicted octanol–water partition coefficient (Wildman–Crippen LogP) is 5.31. The Morgan fingerprint density at radius 1 is 1.04 bits per heavy atom. The van der Waals surface area contributed by atoms with Crippen LogP contribution < -0.4 is 10.1 Å². The van der Waals surface area contributed by atoms with Crippen LogP contribution in [-0.4, -0.2) is 22.3 Å². The number of nitrogens with one attached hydrogen (secondary N) is 2. The minimum Gasteiger partial charge on any atom is -0.497 e. The molecule has 0 aliphatic carbocycles. The fraction of sp³-hybridized carbons (Fsp3) is 0.100. The largest absolute Gasteiger partial charge is 0.497 e. The van der Waals surface area contributed by atoms with Crippen LogP contribution in [0.15, 0.2) is 64.5 Å². The normalized spacial score (nSPS) is 10.9. The van der Waals surface area contributed by atoms with Crippen molar-refractivity contribution in [2.45, 2.75) is 16.8 Å². The molecule has 5 nitrogen and oxygen atoms in total. The molecule has 136 valence electrons. The van der Waals surface area contributed by atoms with Gasteiger partial charge in [0, 0.05) is 22.0 Å². The lowest BCUT2D eigenvalue weighted by Gasteiger charge is -2.11. The minimum atomic E-state index is -0.258. The predicted molar refractivity (Wildman–Crippen MR) is 105 cm³/mol. The molecular formula is C20H17FN4OS. The molecule has 2 aromatic carbocycles. The average molecular weight is 380 g/mol. The summed E-state index contributed by atoms with van der Waals surface area (Å²) in [7, 11) is 1.64. The molecule has 0 unspecified atom stereocenters. The van der Waals surface area contributed by atoms with Gasteiger partial charge < -0.3 is 10.1 Å². The Kier molecular flexibility index (Phi) is 4.68. The first-order chi connectivity index (χ1) is 13.1. The Hall–Kier alpha value is -3.06. The highest BCUT2D eigenvalue weighted by molar-refractivity contribution is 7.99. The van der Waals surface area contributed by atoms with Gasteiger partial charge in [-0.25, -0.2) is 9.37 Å². The van der Waals surface area contributed by atoms with Crippen molar-refractivity contribution in [2.75, 3.05) is 12.4 Å². The number of hydrogen-bond acceptors (Lipinski definition) is 5. The summed E-state index contributed by atoms with van der Waals surface area (Å²) in [5.74, 6) is 1.88. The Morgan fingerprint density at radius 2 is 1.85 bits per heavy atom. The topological polar surface area (TPSA) is 62.8 Å². The van der Waals surface area contributed by atoms with Gasteiger partial charge in [-0.05, 0) is 60.8 Å². The zero-order valence-electron chi connectivity index (χ0n) is 14.8. The maximum absolute atomic E-state index is 13.2. The second-order valence-electron chi connectivity index (χ2n) is 6.02. The van der Waals surface area contributed by atoms with Gasteiger partial charge in [0.1, 0.15) is 22.4 Å². The highest BCUT2D eigenvalue weighted by Gasteiger charge is 2.10. The van der Waals surface area contributed by atoms with Crippen molar-refractivity contribution >= 4 is 34.2 Å². The number of ether oxygens (including phenoxy) is 1. The molecule has 0 radical (unpaired) electrons. The molecule has 27 heavy (non-hydrogen) atoms. The molecule has 0 bridgehead atoms. The second kappa shape index (κ2) is 7.28. The number of methoxy groups -OCH3 is 1. The molecule has 2 N–H and O–H groups in total. The molecule has 0 atom stereocenters. The van der Waals surface area contributed by atoms with E-state index in [0.717, 1.165) is 32.1 Å². The van der Waals surface area contributed by atoms with Crippen molar-refractivity contribution < 1.29 is 9.13 Å². The zero-order valence-corrected chi connectivity index (χ0v) is 15.6. The molecule has 0 fully saturated rings. The third kappa shape index (κ3) is 3.88. The third-order valence-electron chi connectivity index (χ3n) is 3.99. The molecule has 2 heterocycles. The first-order valence-corrected chi connectivity index (χ1v) is 9.13. The molecule has 0 spiro atoms. The van der Waals surface area contributed by atoms with Gasteiger partial charge in [0.05, 0.1) is 7.11 Å². The number of fused-ring (bicyclic) bond motifs is 1. The van der Waals surface area contributed by atoms with Gasteiger partial charge in [-0.2, -0.15) is 5.10 Å². The lowest BCUT2D eigenvalue weighted by Crippen LogP contribution is -1.96. The van der Waals surface area contributed by atoms with Gasteiger partial charge in [0.25, 0.3) is 0 Å². The standard InChI is InChI=1S/C20H17FN4OS/c1-12-9-19(25-24-12)22-18-11-13-10-15(26-2)5-8-17(13)20(23-18)27-16-6-3-14(21)4-7-16/h3-11H,1-2H3,(H2,22,23,24,25). The number of aromatic amines is 1. The summed E-state index contributed by atoms with van der Waals surface area (Å²) in [6.07, 6.45) is 0. The molecule has 4 aromatic rings. The number of hydrogen-bond donors (Lipinski definition) is 2. The first-order valence-electron chi connectivity index (χ1n) is 8.32. The van der Waals surface area contributed by atoms with Crippen LogP contribution in [0.5, 0.6) is 5.75 Å². The fourth-order valence-corrected chi connectivity index (χ4v) is 3.64. The molecule has 0 saturated carbocycles. The number of anilines is 2. The van der Waals surface area contributed by atoms with E-state index in [1.54, 1.807) is 19.2 Å². The van der Waals surface area contributed by atoms with Crippen molar-refractivity contribution in [2.24, 2.45) is 0 Å². The van der Waals surface area contributed by atoms with Crippen LogP contribution in [0.2, 0.25) is 0 Å². The van der Waals surface area contributed by atoms with E-state index in [2.05, 4.69) is 15.5 Å². The molecule has 0 amide bonds. The van der Waals surface area contributed by atoms with Crippen molar-refractivity contribution in [3.05, 3.63) is 66.1 Å². The summed E-state index contributed by atoms with van der Waals surface area (Å²) in [4.78, 5) is 5.65. The molecule has 0 saturated heterocycles. The van der Waals surface area contributed by atoms with E-state index in [-0.39, 0.29) is 5.82 Å². The lowest BCUT2D eigenvalue weighted by atomic mass is 10.1. The minimum absolute atomic E-state index is 0.258. The van der Waals surface area contributed by atoms with Crippen LogP contribution in [0, 0.1) is 12.7 Å². The van der Waals surface area contributed by atoms with Crippen molar-refractivity contribution in [3.8, 4) is 5.75 Å². The fourth-order valence-electron chi connectivity index (χ4n) is 2.70. The van der Waals surface area contributed by atoms with E-state index in [1.807, 2.05) is 37.3 Å². The number of halogens is 1. The van der Waals surface area contributed by atoms with Crippen LogP contribution in [0.4, 0.5) is 16.0 Å². The summed E-state index contributed by atoms with van der Waals surface area (Å²) in [5, 5.41) is 13.1. The number of nitrogens with zero attached hydrogens (tertiary/aromatic N) is 2. The van der Waals surface area contributed by atoms with Crippen LogP contribution in [0.1, 0.15) is 5.69 Å². The van der Waals surface area contributed by atoms with E-state index in [9.17, 15) is 4.39 Å². The zero-order chi connectivity index (χ0) is 18.8. The Labute approximate surface area is 160 Å². The van der Waals surface area contributed by atoms with Crippen molar-refractivity contribution in [1.29, 1.82) is 0 Å². The van der Waals surface area contributed by atoms with E-state index in [4.69, 9.17) is 9.72 Å². The number of aryl methyl sites for hydroxylation is 1. The van der Waals surface area contributed by atoms with Crippen LogP contribution in [0.3, 0.4) is 0 Å². The van der Waals surface area contributed by atoms with E-state index in [0.29, 0.717) is 11.6 Å². The van der Waals surface area contributed by atoms with Crippen molar-refractivity contribution in [1.82, 2.24) is 15.2 Å². The average Bonchev–Trinajstić information content (AvgIpc) is 3.07. The maximum atomic E-state index is 13.2. The van der Waals surface area contributed by atoms with Crippen LogP contribution >= 0.6 is 11.8 Å². The van der Waals surface area contributed by atoms with E-state index >= 15 is 0 Å². The van der Waals surface area contributed by atoms with Gasteiger partial charge in [0.15, 0.2) is 5.82 Å². The molecule has 0 aliphatic heterocycles. The lowest BCUT2D eigenvalue weighted by molar-refractivity contribution is 0.415. The van der Waals surface area contributed by atoms with Crippen molar-refractivity contribution in [3.63, 3.8) is 0 Å². The SMILES string of the molecule is COc1ccc2c(Sc3ccc(F)cc3)nc(Nc3cc(C)[nH]n3)cc2c1. The molecule has 4 rings (SSSR count). The number of benzene rings is 2. The number of pyridine rings is 1. The summed E-state index contributed by atoms with van der Waals surface area (Å²) >= 11 is 1.48. The summed E-state index contributed by atoms with van der Waals surface area (Å²) in [6.45, 7) is 1.94. The highest BCUT2D eigenvalue weighted by atomic mass is 32.2. The van der Waals surface area contributed by atoms with Gasteiger partial charge in [-0.15, -0.1) is 0 Å². The Balaban J connectivity index is 1.77. The van der Waals surface area contributed by atoms with Gasteiger partial charge >= 0.3 is 0 Å².